The maximum Gasteiger partial charge on any atom is 0.326 e. The second-order valence-corrected chi connectivity index (χ2v) is 5.73. The summed E-state index contributed by atoms with van der Waals surface area (Å²) in [7, 11) is 0. The van der Waals surface area contributed by atoms with Gasteiger partial charge in [-0.3, -0.25) is 0 Å². The topological polar surface area (TPSA) is 78.4 Å². The van der Waals surface area contributed by atoms with Crippen LogP contribution in [-0.4, -0.2) is 29.4 Å². The van der Waals surface area contributed by atoms with Crippen LogP contribution in [-0.2, 0) is 4.79 Å². The van der Waals surface area contributed by atoms with Gasteiger partial charge in [0, 0.05) is 10.6 Å². The Hall–Kier alpha value is -1.69. The molecule has 0 bridgehead atoms. The van der Waals surface area contributed by atoms with E-state index in [0.717, 1.165) is 4.90 Å². The van der Waals surface area contributed by atoms with Crippen LogP contribution in [0.4, 0.5) is 10.5 Å². The quantitative estimate of drug-likeness (QED) is 0.705. The van der Waals surface area contributed by atoms with Gasteiger partial charge in [-0.05, 0) is 42.9 Å². The molecule has 6 heteroatoms. The lowest BCUT2D eigenvalue weighted by atomic mass is 10.0. The number of carboxylic acid groups (broad SMARTS) is 1. The smallest absolute Gasteiger partial charge is 0.326 e. The van der Waals surface area contributed by atoms with Crippen molar-refractivity contribution >= 4 is 29.4 Å². The van der Waals surface area contributed by atoms with Crippen molar-refractivity contribution < 1.29 is 14.7 Å². The molecule has 20 heavy (non-hydrogen) atoms. The van der Waals surface area contributed by atoms with E-state index in [0.29, 0.717) is 12.1 Å². The summed E-state index contributed by atoms with van der Waals surface area (Å²) in [5.41, 5.74) is 0.633. The van der Waals surface area contributed by atoms with Gasteiger partial charge in [-0.2, -0.15) is 0 Å². The third-order valence-corrected chi connectivity index (χ3v) is 3.40. The Labute approximate surface area is 123 Å². The molecule has 0 spiro atoms. The Balaban J connectivity index is 2.58. The minimum absolute atomic E-state index is 0.192. The highest BCUT2D eigenvalue weighted by molar-refractivity contribution is 7.98. The summed E-state index contributed by atoms with van der Waals surface area (Å²) in [6.45, 7) is 3.83. The molecule has 0 radical (unpaired) electrons. The van der Waals surface area contributed by atoms with Gasteiger partial charge < -0.3 is 15.7 Å². The lowest BCUT2D eigenvalue weighted by Gasteiger charge is -2.17. The van der Waals surface area contributed by atoms with Crippen molar-refractivity contribution in [3.8, 4) is 0 Å². The average Bonchev–Trinajstić information content (AvgIpc) is 2.38. The molecular formula is C14H20N2O3S. The van der Waals surface area contributed by atoms with Crippen molar-refractivity contribution in [3.63, 3.8) is 0 Å². The Morgan fingerprint density at radius 2 is 1.85 bits per heavy atom. The Kier molecular flexibility index (Phi) is 6.38. The zero-order valence-corrected chi connectivity index (χ0v) is 12.7. The first-order valence-corrected chi connectivity index (χ1v) is 7.59. The van der Waals surface area contributed by atoms with Crippen LogP contribution < -0.4 is 10.6 Å². The van der Waals surface area contributed by atoms with E-state index in [1.165, 1.54) is 0 Å². The van der Waals surface area contributed by atoms with E-state index < -0.39 is 18.0 Å². The van der Waals surface area contributed by atoms with Crippen LogP contribution in [0.2, 0.25) is 0 Å². The van der Waals surface area contributed by atoms with Crippen molar-refractivity contribution in [2.75, 3.05) is 11.6 Å². The van der Waals surface area contributed by atoms with Crippen LogP contribution in [0.1, 0.15) is 20.3 Å². The van der Waals surface area contributed by atoms with Gasteiger partial charge in [0.15, 0.2) is 0 Å². The van der Waals surface area contributed by atoms with Crippen molar-refractivity contribution in [2.45, 2.75) is 31.2 Å². The summed E-state index contributed by atoms with van der Waals surface area (Å²) in [5.74, 6) is -0.830. The maximum absolute atomic E-state index is 11.8. The third kappa shape index (κ3) is 5.52. The van der Waals surface area contributed by atoms with Crippen molar-refractivity contribution in [2.24, 2.45) is 5.92 Å². The van der Waals surface area contributed by atoms with Gasteiger partial charge in [0.25, 0.3) is 0 Å². The molecule has 1 aromatic carbocycles. The first-order chi connectivity index (χ1) is 9.42. The van der Waals surface area contributed by atoms with Crippen LogP contribution in [0.5, 0.6) is 0 Å². The molecule has 1 aromatic rings. The average molecular weight is 296 g/mol. The fourth-order valence-electron chi connectivity index (χ4n) is 1.69. The molecule has 0 aromatic heterocycles. The highest BCUT2D eigenvalue weighted by atomic mass is 32.2. The number of aliphatic carboxylic acids is 1. The standard InChI is InChI=1S/C14H20N2O3S/c1-9(2)8-12(13(17)18)16-14(19)15-10-4-6-11(20-3)7-5-10/h4-7,9,12H,8H2,1-3H3,(H,17,18)(H2,15,16,19)/t12-/m1/s1. The van der Waals surface area contributed by atoms with E-state index in [9.17, 15) is 9.59 Å². The summed E-state index contributed by atoms with van der Waals surface area (Å²) in [5, 5.41) is 14.2. The summed E-state index contributed by atoms with van der Waals surface area (Å²) < 4.78 is 0. The number of carbonyl (C=O) groups is 2. The zero-order chi connectivity index (χ0) is 15.1. The number of nitrogens with one attached hydrogen (secondary N) is 2. The van der Waals surface area contributed by atoms with Gasteiger partial charge >= 0.3 is 12.0 Å². The van der Waals surface area contributed by atoms with Gasteiger partial charge in [0.2, 0.25) is 0 Å². The molecule has 1 atom stereocenters. The molecule has 110 valence electrons. The first kappa shape index (κ1) is 16.4. The lowest BCUT2D eigenvalue weighted by molar-refractivity contribution is -0.139. The maximum atomic E-state index is 11.8. The molecule has 0 aliphatic carbocycles. The van der Waals surface area contributed by atoms with Crippen molar-refractivity contribution in [1.82, 2.24) is 5.32 Å². The van der Waals surface area contributed by atoms with E-state index >= 15 is 0 Å². The number of rotatable bonds is 6. The summed E-state index contributed by atoms with van der Waals surface area (Å²) >= 11 is 1.61. The lowest BCUT2D eigenvalue weighted by Crippen LogP contribution is -2.43. The minimum atomic E-state index is -1.02. The van der Waals surface area contributed by atoms with Crippen molar-refractivity contribution in [3.05, 3.63) is 24.3 Å². The number of benzene rings is 1. The monoisotopic (exact) mass is 296 g/mol. The molecule has 0 aliphatic rings. The van der Waals surface area contributed by atoms with E-state index in [4.69, 9.17) is 5.11 Å². The second-order valence-electron chi connectivity index (χ2n) is 4.85. The van der Waals surface area contributed by atoms with E-state index in [2.05, 4.69) is 10.6 Å². The first-order valence-electron chi connectivity index (χ1n) is 6.36. The van der Waals surface area contributed by atoms with Crippen LogP contribution >= 0.6 is 11.8 Å². The third-order valence-electron chi connectivity index (χ3n) is 2.66. The van der Waals surface area contributed by atoms with Crippen LogP contribution in [0.25, 0.3) is 0 Å². The number of carbonyl (C=O) groups excluding carboxylic acids is 1. The zero-order valence-electron chi connectivity index (χ0n) is 11.8. The van der Waals surface area contributed by atoms with E-state index in [-0.39, 0.29) is 5.92 Å². The number of hydrogen-bond donors (Lipinski definition) is 3. The van der Waals surface area contributed by atoms with Gasteiger partial charge in [-0.15, -0.1) is 11.8 Å². The van der Waals surface area contributed by atoms with Crippen LogP contribution in [0, 0.1) is 5.92 Å². The molecule has 3 N–H and O–H groups in total. The molecule has 0 fully saturated rings. The number of anilines is 1. The molecule has 0 unspecified atom stereocenters. The SMILES string of the molecule is CSc1ccc(NC(=O)N[C@H](CC(C)C)C(=O)O)cc1. The molecule has 2 amide bonds. The number of carboxylic acids is 1. The Morgan fingerprint density at radius 1 is 1.25 bits per heavy atom. The van der Waals surface area contributed by atoms with Gasteiger partial charge in [-0.1, -0.05) is 13.8 Å². The van der Waals surface area contributed by atoms with Crippen molar-refractivity contribution in [1.29, 1.82) is 0 Å². The van der Waals surface area contributed by atoms with E-state index in [1.807, 2.05) is 32.2 Å². The number of thioether (sulfide) groups is 1. The number of urea groups is 1. The number of amides is 2. The summed E-state index contributed by atoms with van der Waals surface area (Å²) in [6, 6.07) is 5.97. The fraction of sp³-hybridized carbons (Fsp3) is 0.429. The largest absolute Gasteiger partial charge is 0.480 e. The molecular weight excluding hydrogens is 276 g/mol. The Morgan fingerprint density at radius 3 is 2.30 bits per heavy atom. The number of hydrogen-bond acceptors (Lipinski definition) is 3. The molecule has 0 saturated heterocycles. The molecule has 0 heterocycles. The highest BCUT2D eigenvalue weighted by Gasteiger charge is 2.20. The molecule has 0 aliphatic heterocycles. The molecule has 1 rings (SSSR count). The Bertz CT molecular complexity index is 460. The van der Waals surface area contributed by atoms with Crippen LogP contribution in [0.15, 0.2) is 29.2 Å². The predicted molar refractivity (Wildman–Crippen MR) is 81.3 cm³/mol. The van der Waals surface area contributed by atoms with Crippen LogP contribution in [0.3, 0.4) is 0 Å². The minimum Gasteiger partial charge on any atom is -0.480 e. The fourth-order valence-corrected chi connectivity index (χ4v) is 2.10. The molecule has 5 nitrogen and oxygen atoms in total. The predicted octanol–water partition coefficient (Wildman–Crippen LogP) is 3.03. The second kappa shape index (κ2) is 7.79. The summed E-state index contributed by atoms with van der Waals surface area (Å²) in [4.78, 5) is 23.9. The highest BCUT2D eigenvalue weighted by Crippen LogP contribution is 2.17. The van der Waals surface area contributed by atoms with E-state index in [1.54, 1.807) is 23.9 Å². The summed E-state index contributed by atoms with van der Waals surface area (Å²) in [6.07, 6.45) is 2.37. The van der Waals surface area contributed by atoms with Gasteiger partial charge in [0.1, 0.15) is 6.04 Å². The van der Waals surface area contributed by atoms with Gasteiger partial charge in [0.05, 0.1) is 0 Å². The molecule has 0 saturated carbocycles. The normalized spacial score (nSPS) is 12.0. The van der Waals surface area contributed by atoms with Gasteiger partial charge in [-0.25, -0.2) is 9.59 Å².